The quantitative estimate of drug-likeness (QED) is 0.414. The number of hydrogen-bond acceptors (Lipinski definition) is 5. The molecule has 2 aromatic rings. The number of sulfonamides is 1. The van der Waals surface area contributed by atoms with Crippen LogP contribution in [0.25, 0.3) is 0 Å². The lowest BCUT2D eigenvalue weighted by atomic mass is 10.1. The fraction of sp³-hybridized carbons (Fsp3) is 0.440. The van der Waals surface area contributed by atoms with Gasteiger partial charge in [-0.1, -0.05) is 49.2 Å². The molecular formula is C25H33Cl2N3O5S. The van der Waals surface area contributed by atoms with Crippen molar-refractivity contribution in [1.29, 1.82) is 0 Å². The van der Waals surface area contributed by atoms with E-state index in [4.69, 9.17) is 27.9 Å². The maximum atomic E-state index is 13.7. The third-order valence-electron chi connectivity index (χ3n) is 5.71. The molecule has 0 fully saturated rings. The van der Waals surface area contributed by atoms with Gasteiger partial charge in [-0.3, -0.25) is 13.9 Å². The molecule has 2 amide bonds. The molecule has 198 valence electrons. The van der Waals surface area contributed by atoms with E-state index in [0.29, 0.717) is 12.2 Å². The number of carbonyl (C=O) groups excluding carboxylic acids is 2. The second-order valence-corrected chi connectivity index (χ2v) is 11.3. The number of amides is 2. The maximum absolute atomic E-state index is 13.7. The Morgan fingerprint density at radius 3 is 2.08 bits per heavy atom. The largest absolute Gasteiger partial charge is 0.497 e. The first-order valence-electron chi connectivity index (χ1n) is 11.6. The Bertz CT molecular complexity index is 1140. The van der Waals surface area contributed by atoms with E-state index in [1.165, 1.54) is 23.1 Å². The summed E-state index contributed by atoms with van der Waals surface area (Å²) in [5.41, 5.74) is 0.917. The average molecular weight is 559 g/mol. The molecule has 1 N–H and O–H groups in total. The van der Waals surface area contributed by atoms with E-state index in [-0.39, 0.29) is 34.2 Å². The Labute approximate surface area is 223 Å². The van der Waals surface area contributed by atoms with Gasteiger partial charge in [-0.25, -0.2) is 8.42 Å². The molecule has 0 heterocycles. The van der Waals surface area contributed by atoms with Crippen molar-refractivity contribution in [3.63, 3.8) is 0 Å². The Morgan fingerprint density at radius 1 is 1.03 bits per heavy atom. The summed E-state index contributed by atoms with van der Waals surface area (Å²) in [4.78, 5) is 28.2. The molecule has 0 saturated heterocycles. The minimum Gasteiger partial charge on any atom is -0.497 e. The second-order valence-electron chi connectivity index (χ2n) is 8.51. The number of benzene rings is 2. The minimum absolute atomic E-state index is 0.0781. The number of ether oxygens (including phenoxy) is 1. The predicted octanol–water partition coefficient (Wildman–Crippen LogP) is 4.49. The standard InChI is InChI=1S/C25H33Cl2N3O5S/c1-6-17(3)28-25(32)23(7-2)29(15-18-8-10-22(35-4)11-9-18)24(31)16-30(36(5,33)34)21-13-19(26)12-20(27)14-21/h8-14,17,23H,6-7,15-16H2,1-5H3,(H,28,32)/t17-,23-/m0/s1. The molecule has 11 heteroatoms. The summed E-state index contributed by atoms with van der Waals surface area (Å²) in [6.07, 6.45) is 2.06. The highest BCUT2D eigenvalue weighted by atomic mass is 35.5. The van der Waals surface area contributed by atoms with Gasteiger partial charge in [0.1, 0.15) is 18.3 Å². The summed E-state index contributed by atoms with van der Waals surface area (Å²) in [6.45, 7) is 5.21. The zero-order valence-electron chi connectivity index (χ0n) is 21.1. The Balaban J connectivity index is 2.46. The minimum atomic E-state index is -3.89. The molecule has 0 bridgehead atoms. The molecule has 0 radical (unpaired) electrons. The lowest BCUT2D eigenvalue weighted by molar-refractivity contribution is -0.140. The van der Waals surface area contributed by atoms with Crippen LogP contribution < -0.4 is 14.4 Å². The van der Waals surface area contributed by atoms with Crippen LogP contribution in [0.5, 0.6) is 5.75 Å². The van der Waals surface area contributed by atoms with Crippen molar-refractivity contribution in [1.82, 2.24) is 10.2 Å². The van der Waals surface area contributed by atoms with Crippen LogP contribution in [0.15, 0.2) is 42.5 Å². The number of rotatable bonds is 12. The molecule has 2 atom stereocenters. The summed E-state index contributed by atoms with van der Waals surface area (Å²) in [6, 6.07) is 10.5. The van der Waals surface area contributed by atoms with E-state index in [0.717, 1.165) is 22.5 Å². The number of halogens is 2. The number of methoxy groups -OCH3 is 1. The van der Waals surface area contributed by atoms with Gasteiger partial charge >= 0.3 is 0 Å². The van der Waals surface area contributed by atoms with Gasteiger partial charge < -0.3 is 15.0 Å². The van der Waals surface area contributed by atoms with Crippen LogP contribution in [0, 0.1) is 0 Å². The van der Waals surface area contributed by atoms with Crippen molar-refractivity contribution in [2.45, 2.75) is 52.2 Å². The van der Waals surface area contributed by atoms with Gasteiger partial charge in [0.05, 0.1) is 19.1 Å². The highest BCUT2D eigenvalue weighted by Gasteiger charge is 2.32. The van der Waals surface area contributed by atoms with E-state index in [9.17, 15) is 18.0 Å². The third-order valence-corrected chi connectivity index (χ3v) is 7.29. The number of anilines is 1. The molecule has 8 nitrogen and oxygen atoms in total. The summed E-state index contributed by atoms with van der Waals surface area (Å²) < 4.78 is 31.5. The third kappa shape index (κ3) is 8.28. The Hall–Kier alpha value is -2.49. The predicted molar refractivity (Wildman–Crippen MR) is 144 cm³/mol. The van der Waals surface area contributed by atoms with Crippen molar-refractivity contribution >= 4 is 50.7 Å². The molecule has 0 saturated carbocycles. The SMILES string of the molecule is CC[C@H](C)NC(=O)[C@H](CC)N(Cc1ccc(OC)cc1)C(=O)CN(c1cc(Cl)cc(Cl)c1)S(C)(=O)=O. The molecule has 0 aliphatic rings. The zero-order chi connectivity index (χ0) is 27.0. The van der Waals surface area contributed by atoms with Gasteiger partial charge in [0, 0.05) is 22.6 Å². The van der Waals surface area contributed by atoms with Crippen LogP contribution in [0.2, 0.25) is 10.0 Å². The number of nitrogens with one attached hydrogen (secondary N) is 1. The average Bonchev–Trinajstić information content (AvgIpc) is 2.81. The summed E-state index contributed by atoms with van der Waals surface area (Å²) in [7, 11) is -2.33. The van der Waals surface area contributed by atoms with Gasteiger partial charge in [-0.05, 0) is 55.7 Å². The molecule has 0 aromatic heterocycles. The van der Waals surface area contributed by atoms with E-state index in [2.05, 4.69) is 5.32 Å². The van der Waals surface area contributed by atoms with Crippen LogP contribution in [-0.2, 0) is 26.2 Å². The lowest BCUT2D eigenvalue weighted by Crippen LogP contribution is -2.53. The molecule has 2 aromatic carbocycles. The molecule has 0 spiro atoms. The molecule has 2 rings (SSSR count). The lowest BCUT2D eigenvalue weighted by Gasteiger charge is -2.33. The van der Waals surface area contributed by atoms with Crippen molar-refractivity contribution in [2.24, 2.45) is 0 Å². The van der Waals surface area contributed by atoms with Gasteiger partial charge in [-0.15, -0.1) is 0 Å². The fourth-order valence-corrected chi connectivity index (χ4v) is 4.93. The number of hydrogen-bond donors (Lipinski definition) is 1. The zero-order valence-corrected chi connectivity index (χ0v) is 23.5. The first-order chi connectivity index (χ1) is 16.9. The normalized spacial score (nSPS) is 13.0. The van der Waals surface area contributed by atoms with Gasteiger partial charge in [-0.2, -0.15) is 0 Å². The molecular weight excluding hydrogens is 525 g/mol. The molecule has 0 aliphatic carbocycles. The highest BCUT2D eigenvalue weighted by Crippen LogP contribution is 2.27. The maximum Gasteiger partial charge on any atom is 0.244 e. The summed E-state index contributed by atoms with van der Waals surface area (Å²) in [5.74, 6) is -0.192. The van der Waals surface area contributed by atoms with E-state index < -0.39 is 28.5 Å². The highest BCUT2D eigenvalue weighted by molar-refractivity contribution is 7.92. The molecule has 36 heavy (non-hydrogen) atoms. The van der Waals surface area contributed by atoms with Crippen LogP contribution in [0.1, 0.15) is 39.2 Å². The first-order valence-corrected chi connectivity index (χ1v) is 14.2. The van der Waals surface area contributed by atoms with Crippen molar-refractivity contribution < 1.29 is 22.7 Å². The van der Waals surface area contributed by atoms with Crippen LogP contribution in [0.4, 0.5) is 5.69 Å². The van der Waals surface area contributed by atoms with Gasteiger partial charge in [0.25, 0.3) is 0 Å². The van der Waals surface area contributed by atoms with Gasteiger partial charge in [0.2, 0.25) is 21.8 Å². The summed E-state index contributed by atoms with van der Waals surface area (Å²) >= 11 is 12.2. The van der Waals surface area contributed by atoms with Crippen molar-refractivity contribution in [2.75, 3.05) is 24.2 Å². The smallest absolute Gasteiger partial charge is 0.244 e. The Morgan fingerprint density at radius 2 is 1.61 bits per heavy atom. The van der Waals surface area contributed by atoms with Crippen LogP contribution >= 0.6 is 23.2 Å². The first kappa shape index (κ1) is 29.7. The van der Waals surface area contributed by atoms with Gasteiger partial charge in [0.15, 0.2) is 0 Å². The van der Waals surface area contributed by atoms with E-state index in [1.807, 2.05) is 13.8 Å². The van der Waals surface area contributed by atoms with Crippen LogP contribution in [-0.4, -0.2) is 57.1 Å². The Kier molecular flexibility index (Phi) is 10.9. The second kappa shape index (κ2) is 13.2. The van der Waals surface area contributed by atoms with Crippen molar-refractivity contribution in [3.8, 4) is 5.75 Å². The topological polar surface area (TPSA) is 96.0 Å². The summed E-state index contributed by atoms with van der Waals surface area (Å²) in [5, 5.41) is 3.39. The number of nitrogens with zero attached hydrogens (tertiary/aromatic N) is 2. The fourth-order valence-electron chi connectivity index (χ4n) is 3.59. The van der Waals surface area contributed by atoms with Crippen molar-refractivity contribution in [3.05, 3.63) is 58.1 Å². The monoisotopic (exact) mass is 557 g/mol. The number of carbonyl (C=O) groups is 2. The molecule has 0 aliphatic heterocycles. The van der Waals surface area contributed by atoms with Crippen LogP contribution in [0.3, 0.4) is 0 Å². The molecule has 0 unspecified atom stereocenters. The van der Waals surface area contributed by atoms with E-state index in [1.54, 1.807) is 38.3 Å². The van der Waals surface area contributed by atoms with E-state index >= 15 is 0 Å².